The fourth-order valence-electron chi connectivity index (χ4n) is 2.36. The minimum absolute atomic E-state index is 0.0885. The van der Waals surface area contributed by atoms with Gasteiger partial charge in [-0.05, 0) is 59.7 Å². The summed E-state index contributed by atoms with van der Waals surface area (Å²) in [5.41, 5.74) is 2.23. The number of carbonyl (C=O) groups is 2. The topological polar surface area (TPSA) is 72.8 Å². The maximum absolute atomic E-state index is 12.1. The molecule has 0 radical (unpaired) electrons. The highest BCUT2D eigenvalue weighted by Gasteiger charge is 2.09. The molecule has 130 valence electrons. The molecule has 0 aliphatic rings. The number of esters is 2. The Morgan fingerprint density at radius 3 is 1.62 bits per heavy atom. The monoisotopic (exact) mass is 348 g/mol. The third kappa shape index (κ3) is 4.27. The number of phenols is 1. The number of carbonyl (C=O) groups excluding carboxylic acids is 2. The Balaban J connectivity index is 1.69. The van der Waals surface area contributed by atoms with Crippen molar-refractivity contribution in [3.63, 3.8) is 0 Å². The Hall–Kier alpha value is -3.60. The Morgan fingerprint density at radius 1 is 0.692 bits per heavy atom. The summed E-state index contributed by atoms with van der Waals surface area (Å²) in [5.74, 6) is 0.135. The van der Waals surface area contributed by atoms with Gasteiger partial charge in [0, 0.05) is 6.92 Å². The van der Waals surface area contributed by atoms with E-state index in [4.69, 9.17) is 9.47 Å². The molecule has 5 nitrogen and oxygen atoms in total. The molecule has 0 aliphatic carbocycles. The summed E-state index contributed by atoms with van der Waals surface area (Å²) in [7, 11) is 0. The molecule has 0 unspecified atom stereocenters. The Labute approximate surface area is 150 Å². The molecule has 0 saturated carbocycles. The molecule has 0 atom stereocenters. The molecule has 5 heteroatoms. The summed E-state index contributed by atoms with van der Waals surface area (Å²) in [4.78, 5) is 23.0. The number of ether oxygens (including phenoxy) is 2. The molecule has 0 amide bonds. The van der Waals surface area contributed by atoms with Gasteiger partial charge in [-0.25, -0.2) is 4.79 Å². The van der Waals surface area contributed by atoms with Gasteiger partial charge in [-0.15, -0.1) is 0 Å². The maximum Gasteiger partial charge on any atom is 0.343 e. The van der Waals surface area contributed by atoms with Crippen LogP contribution in [-0.4, -0.2) is 17.0 Å². The zero-order chi connectivity index (χ0) is 18.5. The first-order valence-corrected chi connectivity index (χ1v) is 7.91. The molecule has 0 saturated heterocycles. The van der Waals surface area contributed by atoms with Gasteiger partial charge in [0.2, 0.25) is 0 Å². The molecular weight excluding hydrogens is 332 g/mol. The van der Waals surface area contributed by atoms with Crippen LogP contribution in [0.4, 0.5) is 0 Å². The van der Waals surface area contributed by atoms with Gasteiger partial charge in [0.25, 0.3) is 0 Å². The molecule has 0 heterocycles. The summed E-state index contributed by atoms with van der Waals surface area (Å²) in [5, 5.41) is 9.25. The summed E-state index contributed by atoms with van der Waals surface area (Å²) in [6.45, 7) is 1.35. The van der Waals surface area contributed by atoms with Gasteiger partial charge in [-0.2, -0.15) is 0 Å². The third-order valence-electron chi connectivity index (χ3n) is 3.62. The first-order chi connectivity index (χ1) is 12.5. The van der Waals surface area contributed by atoms with Gasteiger partial charge in [0.05, 0.1) is 5.56 Å². The maximum atomic E-state index is 12.1. The number of phenolic OH excluding ortho intramolecular Hbond substituents is 1. The normalized spacial score (nSPS) is 10.2. The van der Waals surface area contributed by atoms with Crippen LogP contribution in [0.15, 0.2) is 72.8 Å². The number of aromatic hydroxyl groups is 1. The molecule has 3 aromatic carbocycles. The average molecular weight is 348 g/mol. The summed E-state index contributed by atoms with van der Waals surface area (Å²) in [6, 6.07) is 20.0. The van der Waals surface area contributed by atoms with Crippen LogP contribution in [-0.2, 0) is 4.79 Å². The highest BCUT2D eigenvalue weighted by Crippen LogP contribution is 2.25. The van der Waals surface area contributed by atoms with Crippen LogP contribution in [0.1, 0.15) is 17.3 Å². The molecule has 0 aliphatic heterocycles. The van der Waals surface area contributed by atoms with E-state index < -0.39 is 5.97 Å². The van der Waals surface area contributed by atoms with E-state index in [1.807, 2.05) is 24.3 Å². The number of hydrogen-bond acceptors (Lipinski definition) is 5. The van der Waals surface area contributed by atoms with Gasteiger partial charge in [0.15, 0.2) is 0 Å². The lowest BCUT2D eigenvalue weighted by Gasteiger charge is -2.07. The predicted octanol–water partition coefficient (Wildman–Crippen LogP) is 4.20. The highest BCUT2D eigenvalue weighted by atomic mass is 16.5. The van der Waals surface area contributed by atoms with Crippen molar-refractivity contribution in [2.75, 3.05) is 0 Å². The summed E-state index contributed by atoms with van der Waals surface area (Å²) < 4.78 is 10.3. The molecule has 26 heavy (non-hydrogen) atoms. The van der Waals surface area contributed by atoms with E-state index in [1.54, 1.807) is 24.3 Å². The smallest absolute Gasteiger partial charge is 0.343 e. The van der Waals surface area contributed by atoms with E-state index in [1.165, 1.54) is 31.2 Å². The van der Waals surface area contributed by atoms with E-state index in [0.29, 0.717) is 17.1 Å². The first-order valence-electron chi connectivity index (χ1n) is 7.91. The second kappa shape index (κ2) is 7.53. The van der Waals surface area contributed by atoms with Crippen molar-refractivity contribution in [2.24, 2.45) is 0 Å². The van der Waals surface area contributed by atoms with E-state index in [0.717, 1.165) is 11.1 Å². The largest absolute Gasteiger partial charge is 0.508 e. The predicted molar refractivity (Wildman–Crippen MR) is 96.3 cm³/mol. The summed E-state index contributed by atoms with van der Waals surface area (Å²) in [6.07, 6.45) is 0. The highest BCUT2D eigenvalue weighted by molar-refractivity contribution is 5.91. The summed E-state index contributed by atoms with van der Waals surface area (Å²) >= 11 is 0. The minimum Gasteiger partial charge on any atom is -0.508 e. The van der Waals surface area contributed by atoms with E-state index >= 15 is 0 Å². The molecule has 0 bridgehead atoms. The van der Waals surface area contributed by atoms with Gasteiger partial charge in [-0.3, -0.25) is 4.79 Å². The second-order valence-corrected chi connectivity index (χ2v) is 5.58. The van der Waals surface area contributed by atoms with Crippen LogP contribution in [0.3, 0.4) is 0 Å². The number of rotatable bonds is 4. The van der Waals surface area contributed by atoms with Gasteiger partial charge >= 0.3 is 11.9 Å². The lowest BCUT2D eigenvalue weighted by Crippen LogP contribution is -2.07. The van der Waals surface area contributed by atoms with Crippen molar-refractivity contribution in [3.05, 3.63) is 78.4 Å². The molecule has 3 rings (SSSR count). The second-order valence-electron chi connectivity index (χ2n) is 5.58. The Kier molecular flexibility index (Phi) is 4.99. The van der Waals surface area contributed by atoms with Crippen LogP contribution < -0.4 is 9.47 Å². The molecular formula is C21H16O5. The fourth-order valence-corrected chi connectivity index (χ4v) is 2.36. The van der Waals surface area contributed by atoms with Crippen LogP contribution in [0, 0.1) is 0 Å². The number of benzene rings is 3. The van der Waals surface area contributed by atoms with Crippen LogP contribution in [0.25, 0.3) is 11.1 Å². The lowest BCUT2D eigenvalue weighted by molar-refractivity contribution is -0.131. The third-order valence-corrected chi connectivity index (χ3v) is 3.62. The lowest BCUT2D eigenvalue weighted by atomic mass is 10.1. The van der Waals surface area contributed by atoms with E-state index in [2.05, 4.69) is 0 Å². The first kappa shape index (κ1) is 17.2. The molecule has 3 aromatic rings. The van der Waals surface area contributed by atoms with Gasteiger partial charge in [0.1, 0.15) is 17.2 Å². The minimum atomic E-state index is -0.497. The Bertz CT molecular complexity index is 910. The molecule has 0 fully saturated rings. The van der Waals surface area contributed by atoms with Crippen LogP contribution in [0.2, 0.25) is 0 Å². The van der Waals surface area contributed by atoms with Crippen molar-refractivity contribution >= 4 is 11.9 Å². The Morgan fingerprint density at radius 2 is 1.15 bits per heavy atom. The molecule has 0 aromatic heterocycles. The fraction of sp³-hybridized carbons (Fsp3) is 0.0476. The van der Waals surface area contributed by atoms with Gasteiger partial charge in [-0.1, -0.05) is 24.3 Å². The molecule has 1 N–H and O–H groups in total. The van der Waals surface area contributed by atoms with Crippen LogP contribution >= 0.6 is 0 Å². The standard InChI is InChI=1S/C21H16O5/c1-14(22)25-19-10-4-15(5-11-19)16-6-12-20(13-7-16)26-21(24)17-2-8-18(23)9-3-17/h2-13,23H,1H3. The van der Waals surface area contributed by atoms with Crippen molar-refractivity contribution in [1.82, 2.24) is 0 Å². The van der Waals surface area contributed by atoms with Crippen molar-refractivity contribution in [2.45, 2.75) is 6.92 Å². The zero-order valence-corrected chi connectivity index (χ0v) is 14.0. The van der Waals surface area contributed by atoms with Crippen molar-refractivity contribution in [3.8, 4) is 28.4 Å². The van der Waals surface area contributed by atoms with Crippen molar-refractivity contribution < 1.29 is 24.2 Å². The van der Waals surface area contributed by atoms with Crippen molar-refractivity contribution in [1.29, 1.82) is 0 Å². The van der Waals surface area contributed by atoms with E-state index in [9.17, 15) is 14.7 Å². The average Bonchev–Trinajstić information content (AvgIpc) is 2.63. The molecule has 0 spiro atoms. The van der Waals surface area contributed by atoms with Gasteiger partial charge < -0.3 is 14.6 Å². The quantitative estimate of drug-likeness (QED) is 0.565. The van der Waals surface area contributed by atoms with E-state index in [-0.39, 0.29) is 11.7 Å². The zero-order valence-electron chi connectivity index (χ0n) is 14.0. The SMILES string of the molecule is CC(=O)Oc1ccc(-c2ccc(OC(=O)c3ccc(O)cc3)cc2)cc1. The van der Waals surface area contributed by atoms with Crippen LogP contribution in [0.5, 0.6) is 17.2 Å². The number of hydrogen-bond donors (Lipinski definition) is 1.